The second-order valence-corrected chi connectivity index (χ2v) is 40.5. The molecule has 746 valence electrons. The lowest BCUT2D eigenvalue weighted by Crippen LogP contribution is -2.48. The molecule has 2 fully saturated rings. The highest BCUT2D eigenvalue weighted by Gasteiger charge is 2.41. The monoisotopic (exact) mass is 2050 g/mol. The third-order valence-electron chi connectivity index (χ3n) is 26.1. The quantitative estimate of drug-likeness (QED) is 0.0201. The van der Waals surface area contributed by atoms with Gasteiger partial charge in [-0.05, 0) is 230 Å². The number of piperazine rings is 1. The Hall–Kier alpha value is -11.2. The molecule has 0 radical (unpaired) electrons. The van der Waals surface area contributed by atoms with E-state index in [2.05, 4.69) is 72.7 Å². The largest absolute Gasteiger partial charge is 0.494 e. The molecule has 27 nitrogen and oxygen atoms in total. The highest BCUT2D eigenvalue weighted by atomic mass is 35.5. The molecule has 0 bridgehead atoms. The van der Waals surface area contributed by atoms with Crippen LogP contribution in [0.25, 0.3) is 43.6 Å². The number of aromatic nitrogens is 7. The molecule has 0 saturated carbocycles. The van der Waals surface area contributed by atoms with Gasteiger partial charge >= 0.3 is 24.4 Å². The van der Waals surface area contributed by atoms with E-state index in [1.807, 2.05) is 198 Å². The van der Waals surface area contributed by atoms with E-state index in [0.717, 1.165) is 202 Å². The van der Waals surface area contributed by atoms with Gasteiger partial charge in [0.1, 0.15) is 66.4 Å². The van der Waals surface area contributed by atoms with Crippen LogP contribution in [-0.2, 0) is 56.0 Å². The Bertz CT molecular complexity index is 6380. The Kier molecular flexibility index (Phi) is 35.5. The summed E-state index contributed by atoms with van der Waals surface area (Å²) in [5.41, 5.74) is 16.7. The Balaban J connectivity index is 0.000000136. The highest BCUT2D eigenvalue weighted by molar-refractivity contribution is 7.99. The van der Waals surface area contributed by atoms with Crippen molar-refractivity contribution in [3.05, 3.63) is 270 Å². The third-order valence-corrected chi connectivity index (χ3v) is 28.4. The summed E-state index contributed by atoms with van der Waals surface area (Å²) in [5, 5.41) is 11.3. The number of ether oxygens (including phenoxy) is 8. The maximum atomic E-state index is 13.2. The van der Waals surface area contributed by atoms with Crippen LogP contribution in [0.2, 0.25) is 20.1 Å². The molecule has 5 amide bonds. The first-order valence-electron chi connectivity index (χ1n) is 48.6. The SMILES string of the molecule is CC(C)(C)COC(=O)N1CCc2c([nH]c3ccc(Cl)cc23)C1c1ccc(OCCCCl)cc1.CCOC(=O)N1CCc2c([nH]c3ccc(Cl)cc23)C1c1ccc(OCCCN2CCN(C(C)=O)CC2)cc1.CCOC(=O)N1CCc2c([nH]c3ccc(Cl)cc23)C1c1ccc(OCCCN2CCSCC2)cc1.O=C(OCCCl)N1CCc2c([nH]c3ccc(Cl)cc23)C1c1ccc(OCCCn2cncn2)cc1. The summed E-state index contributed by atoms with van der Waals surface area (Å²) >= 11 is 38.7. The summed E-state index contributed by atoms with van der Waals surface area (Å²) in [6, 6.07) is 54.1. The van der Waals surface area contributed by atoms with E-state index >= 15 is 0 Å². The predicted octanol–water partition coefficient (Wildman–Crippen LogP) is 22.8. The van der Waals surface area contributed by atoms with Crippen molar-refractivity contribution in [1.29, 1.82) is 0 Å². The first kappa shape index (κ1) is 103. The Morgan fingerprint density at radius 2 is 0.716 bits per heavy atom. The number of aryl methyl sites for hydroxylation is 1. The number of carbonyl (C=O) groups is 5. The molecule has 13 aromatic rings. The second kappa shape index (κ2) is 48.7. The number of aromatic amines is 4. The van der Waals surface area contributed by atoms with Crippen molar-refractivity contribution in [2.75, 3.05) is 155 Å². The van der Waals surface area contributed by atoms with Gasteiger partial charge in [-0.1, -0.05) is 116 Å². The van der Waals surface area contributed by atoms with Gasteiger partial charge < -0.3 is 67.6 Å². The van der Waals surface area contributed by atoms with E-state index in [9.17, 15) is 24.0 Å². The first-order chi connectivity index (χ1) is 68.5. The second-order valence-electron chi connectivity index (χ2n) is 36.8. The molecule has 19 rings (SSSR count). The summed E-state index contributed by atoms with van der Waals surface area (Å²) in [6.07, 6.45) is 8.38. The molecule has 8 aromatic carbocycles. The van der Waals surface area contributed by atoms with Gasteiger partial charge in [0, 0.05) is 202 Å². The molecule has 4 N–H and O–H groups in total. The third kappa shape index (κ3) is 25.7. The lowest BCUT2D eigenvalue weighted by Gasteiger charge is -2.36. The molecule has 0 spiro atoms. The molecular formula is C107H122Cl6N14O13S. The van der Waals surface area contributed by atoms with E-state index in [-0.39, 0.29) is 72.3 Å². The summed E-state index contributed by atoms with van der Waals surface area (Å²) in [6.45, 7) is 25.9. The Labute approximate surface area is 856 Å². The van der Waals surface area contributed by atoms with Gasteiger partial charge in [-0.2, -0.15) is 16.9 Å². The summed E-state index contributed by atoms with van der Waals surface area (Å²) < 4.78 is 47.4. The Morgan fingerprint density at radius 3 is 1.03 bits per heavy atom. The van der Waals surface area contributed by atoms with Gasteiger partial charge in [0.15, 0.2) is 0 Å². The van der Waals surface area contributed by atoms with Crippen molar-refractivity contribution >= 4 is 155 Å². The average molecular weight is 2060 g/mol. The minimum atomic E-state index is -0.383. The highest BCUT2D eigenvalue weighted by Crippen LogP contribution is 2.46. The van der Waals surface area contributed by atoms with E-state index in [1.165, 1.54) is 53.2 Å². The van der Waals surface area contributed by atoms with Crippen molar-refractivity contribution in [2.24, 2.45) is 5.41 Å². The van der Waals surface area contributed by atoms with Crippen LogP contribution in [0.4, 0.5) is 19.2 Å². The van der Waals surface area contributed by atoms with Crippen LogP contribution in [0, 0.1) is 5.41 Å². The number of amides is 5. The zero-order chi connectivity index (χ0) is 98.6. The zero-order valence-corrected chi connectivity index (χ0v) is 85.8. The molecule has 4 atom stereocenters. The van der Waals surface area contributed by atoms with Crippen LogP contribution in [-0.4, -0.2) is 254 Å². The van der Waals surface area contributed by atoms with Crippen molar-refractivity contribution in [1.82, 2.24) is 69.0 Å². The molecule has 6 aliphatic heterocycles. The maximum Gasteiger partial charge on any atom is 0.410 e. The number of carbonyl (C=O) groups excluding carboxylic acids is 5. The fraction of sp³-hybridized carbons (Fsp3) is 0.411. The fourth-order valence-corrected chi connectivity index (χ4v) is 21.1. The van der Waals surface area contributed by atoms with E-state index < -0.39 is 0 Å². The van der Waals surface area contributed by atoms with E-state index in [1.54, 1.807) is 27.7 Å². The number of nitrogens with one attached hydrogen (secondary N) is 4. The zero-order valence-electron chi connectivity index (χ0n) is 80.4. The van der Waals surface area contributed by atoms with Gasteiger partial charge in [0.25, 0.3) is 0 Å². The smallest absolute Gasteiger partial charge is 0.410 e. The van der Waals surface area contributed by atoms with Crippen LogP contribution in [0.5, 0.6) is 23.0 Å². The minimum Gasteiger partial charge on any atom is -0.494 e. The molecule has 2 saturated heterocycles. The van der Waals surface area contributed by atoms with Gasteiger partial charge in [0.05, 0.1) is 52.1 Å². The topological polar surface area (TPSA) is 276 Å². The number of alkyl halides is 2. The molecule has 4 unspecified atom stereocenters. The molecular weight excluding hydrogens is 1930 g/mol. The van der Waals surface area contributed by atoms with E-state index in [4.69, 9.17) is 108 Å². The predicted molar refractivity (Wildman–Crippen MR) is 559 cm³/mol. The average Bonchev–Trinajstić information content (AvgIpc) is 1.62. The van der Waals surface area contributed by atoms with Crippen LogP contribution in [0.3, 0.4) is 0 Å². The number of fused-ring (bicyclic) bond motifs is 12. The van der Waals surface area contributed by atoms with Gasteiger partial charge in [0.2, 0.25) is 5.91 Å². The number of benzene rings is 8. The molecule has 0 aliphatic carbocycles. The van der Waals surface area contributed by atoms with Crippen molar-refractivity contribution < 1.29 is 61.9 Å². The van der Waals surface area contributed by atoms with Gasteiger partial charge in [-0.25, -0.2) is 24.2 Å². The van der Waals surface area contributed by atoms with Crippen LogP contribution < -0.4 is 18.9 Å². The number of rotatable bonds is 28. The summed E-state index contributed by atoms with van der Waals surface area (Å²) in [5.74, 6) is 6.65. The normalized spacial score (nSPS) is 17.0. The number of H-pyrrole nitrogens is 4. The summed E-state index contributed by atoms with van der Waals surface area (Å²) in [7, 11) is 0. The fourth-order valence-electron chi connectivity index (χ4n) is 19.3. The maximum absolute atomic E-state index is 13.2. The summed E-state index contributed by atoms with van der Waals surface area (Å²) in [4.78, 5) is 95.5. The minimum absolute atomic E-state index is 0.105. The van der Waals surface area contributed by atoms with Crippen LogP contribution in [0.15, 0.2) is 183 Å². The lowest BCUT2D eigenvalue weighted by atomic mass is 9.92. The molecule has 6 aliphatic rings. The molecule has 141 heavy (non-hydrogen) atoms. The van der Waals surface area contributed by atoms with Crippen LogP contribution in [0.1, 0.15) is 159 Å². The number of hydrogen-bond acceptors (Lipinski definition) is 18. The molecule has 34 heteroatoms. The van der Waals surface area contributed by atoms with Crippen molar-refractivity contribution in [2.45, 2.75) is 124 Å². The Morgan fingerprint density at radius 1 is 0.390 bits per heavy atom. The van der Waals surface area contributed by atoms with Crippen molar-refractivity contribution in [3.8, 4) is 23.0 Å². The number of hydrogen-bond donors (Lipinski definition) is 4. The van der Waals surface area contributed by atoms with Crippen LogP contribution >= 0.6 is 81.4 Å². The molecule has 11 heterocycles. The number of nitrogens with zero attached hydrogens (tertiary/aromatic N) is 10. The van der Waals surface area contributed by atoms with E-state index in [0.29, 0.717) is 105 Å². The number of halogens is 6. The number of thioether (sulfide) groups is 1. The van der Waals surface area contributed by atoms with Gasteiger partial charge in [-0.15, -0.1) is 23.2 Å². The standard InChI is InChI=1S/C29H35ClN4O4.C27H32ClN3O3S.C26H30Cl2N2O3.C25H25Cl2N5O3/c1-3-37-29(36)34-13-11-24-25-19-22(30)7-10-26(25)31-27(24)28(34)21-5-8-23(9-6-21)38-18-4-12-32-14-16-33(17-15-32)20(2)35;1-2-33-27(32)31-12-10-22-23-18-20(28)6-9-24(23)29-25(22)26(31)19-4-7-21(8-5-19)34-15-3-11-30-13-16-35-17-14-30;1-26(2,3)16-33-25(31)30-13-11-20-21-15-18(28)7-10-22(21)29-23(20)24(30)17-5-8-19(9-6-17)32-14-4-12-27;26-9-13-35-25(33)32-11-8-20-21-14-18(27)4-7-22(21)30-23(20)24(32)17-2-5-19(6-3-17)34-12-1-10-31-16-28-15-29-31/h5-10,19,28,31H,3-4,11-18H2,1-2H3;4-9,18,26,29H,2-3,10-17H2,1H3;5-10,15,24,29H,4,11-14,16H2,1-3H3;2-7,14-16,24,30H,1,8-13H2. The van der Waals surface area contributed by atoms with Gasteiger partial charge in [-0.3, -0.25) is 34.0 Å². The molecule has 5 aromatic heterocycles. The lowest BCUT2D eigenvalue weighted by molar-refractivity contribution is -0.130. The first-order valence-corrected chi connectivity index (χ1v) is 52.3. The van der Waals surface area contributed by atoms with Crippen molar-refractivity contribution in [3.63, 3.8) is 0 Å².